The van der Waals surface area contributed by atoms with Gasteiger partial charge in [0.2, 0.25) is 10.0 Å². The maximum absolute atomic E-state index is 12.4. The van der Waals surface area contributed by atoms with Crippen molar-refractivity contribution in [3.05, 3.63) is 59.7 Å². The van der Waals surface area contributed by atoms with E-state index in [1.165, 1.54) is 0 Å². The van der Waals surface area contributed by atoms with Gasteiger partial charge in [-0.05, 0) is 35.1 Å². The summed E-state index contributed by atoms with van der Waals surface area (Å²) in [5, 5.41) is 0. The van der Waals surface area contributed by atoms with Crippen LogP contribution in [0.2, 0.25) is 0 Å². The van der Waals surface area contributed by atoms with Crippen LogP contribution in [0.15, 0.2) is 48.5 Å². The molecule has 1 unspecified atom stereocenters. The maximum Gasteiger partial charge on any atom is 0.215 e. The van der Waals surface area contributed by atoms with E-state index < -0.39 is 10.0 Å². The fourth-order valence-corrected chi connectivity index (χ4v) is 4.05. The van der Waals surface area contributed by atoms with Gasteiger partial charge in [-0.15, -0.1) is 0 Å². The second kappa shape index (κ2) is 9.05. The molecule has 0 heterocycles. The average molecular weight is 378 g/mol. The van der Waals surface area contributed by atoms with Crippen molar-refractivity contribution in [1.29, 1.82) is 0 Å². The van der Waals surface area contributed by atoms with E-state index in [4.69, 9.17) is 9.47 Å². The zero-order chi connectivity index (χ0) is 19.2. The topological polar surface area (TPSA) is 64.6 Å². The highest BCUT2D eigenvalue weighted by atomic mass is 32.2. The van der Waals surface area contributed by atoms with Crippen LogP contribution in [-0.2, 0) is 15.8 Å². The van der Waals surface area contributed by atoms with Crippen LogP contribution in [0, 0.1) is 5.92 Å². The van der Waals surface area contributed by atoms with Crippen LogP contribution < -0.4 is 14.2 Å². The van der Waals surface area contributed by atoms with Gasteiger partial charge in [0.25, 0.3) is 0 Å². The van der Waals surface area contributed by atoms with E-state index in [2.05, 4.69) is 18.6 Å². The van der Waals surface area contributed by atoms with E-state index in [0.717, 1.165) is 11.1 Å². The van der Waals surface area contributed by atoms with Crippen LogP contribution in [0.3, 0.4) is 0 Å². The summed E-state index contributed by atoms with van der Waals surface area (Å²) in [6, 6.07) is 14.9. The summed E-state index contributed by atoms with van der Waals surface area (Å²) >= 11 is 0. The standard InChI is InChI=1S/C20H27NO4S/c1-15(2)18(17-10-11-19(24-3)20(12-17)25-4)13-21-26(22,23)14-16-8-6-5-7-9-16/h5-12,15,18,21H,13-14H2,1-4H3. The fourth-order valence-electron chi connectivity index (χ4n) is 2.88. The lowest BCUT2D eigenvalue weighted by Gasteiger charge is -2.23. The molecule has 0 bridgehead atoms. The molecule has 0 saturated carbocycles. The van der Waals surface area contributed by atoms with E-state index in [-0.39, 0.29) is 17.6 Å². The lowest BCUT2D eigenvalue weighted by molar-refractivity contribution is 0.353. The highest BCUT2D eigenvalue weighted by molar-refractivity contribution is 7.88. The average Bonchev–Trinajstić information content (AvgIpc) is 2.61. The second-order valence-corrected chi connectivity index (χ2v) is 8.36. The van der Waals surface area contributed by atoms with Gasteiger partial charge in [0.05, 0.1) is 20.0 Å². The number of rotatable bonds is 9. The minimum absolute atomic E-state index is 0.0232. The molecule has 0 fully saturated rings. The number of ether oxygens (including phenoxy) is 2. The van der Waals surface area contributed by atoms with Gasteiger partial charge < -0.3 is 9.47 Å². The molecule has 0 aromatic heterocycles. The molecule has 0 saturated heterocycles. The molecule has 1 atom stereocenters. The van der Waals surface area contributed by atoms with Gasteiger partial charge in [-0.2, -0.15) is 0 Å². The molecule has 0 radical (unpaired) electrons. The molecule has 2 rings (SSSR count). The second-order valence-electron chi connectivity index (χ2n) is 6.56. The molecule has 5 nitrogen and oxygen atoms in total. The van der Waals surface area contributed by atoms with Gasteiger partial charge in [-0.25, -0.2) is 13.1 Å². The zero-order valence-corrected chi connectivity index (χ0v) is 16.5. The van der Waals surface area contributed by atoms with Gasteiger partial charge in [0, 0.05) is 6.54 Å². The Hall–Kier alpha value is -2.05. The lowest BCUT2D eigenvalue weighted by atomic mass is 9.88. The Bertz CT molecular complexity index is 804. The van der Waals surface area contributed by atoms with Crippen LogP contribution in [0.25, 0.3) is 0 Å². The van der Waals surface area contributed by atoms with Gasteiger partial charge in [0.15, 0.2) is 11.5 Å². The van der Waals surface area contributed by atoms with Crippen LogP contribution in [0.1, 0.15) is 30.9 Å². The van der Waals surface area contributed by atoms with E-state index >= 15 is 0 Å². The highest BCUT2D eigenvalue weighted by Gasteiger charge is 2.21. The monoisotopic (exact) mass is 377 g/mol. The molecule has 1 N–H and O–H groups in total. The van der Waals surface area contributed by atoms with Crippen molar-refractivity contribution in [1.82, 2.24) is 4.72 Å². The molecule has 2 aromatic rings. The van der Waals surface area contributed by atoms with Gasteiger partial charge in [-0.3, -0.25) is 0 Å². The Balaban J connectivity index is 2.13. The molecule has 6 heteroatoms. The van der Waals surface area contributed by atoms with Crippen LogP contribution >= 0.6 is 0 Å². The van der Waals surface area contributed by atoms with Crippen molar-refractivity contribution in [2.24, 2.45) is 5.92 Å². The van der Waals surface area contributed by atoms with E-state index in [9.17, 15) is 8.42 Å². The first kappa shape index (κ1) is 20.3. The van der Waals surface area contributed by atoms with Gasteiger partial charge in [0.1, 0.15) is 0 Å². The minimum Gasteiger partial charge on any atom is -0.493 e. The maximum atomic E-state index is 12.4. The third-order valence-electron chi connectivity index (χ3n) is 4.36. The van der Waals surface area contributed by atoms with Crippen molar-refractivity contribution in [2.45, 2.75) is 25.5 Å². The van der Waals surface area contributed by atoms with Crippen molar-refractivity contribution >= 4 is 10.0 Å². The molecule has 26 heavy (non-hydrogen) atoms. The molecule has 0 aliphatic rings. The Morgan fingerprint density at radius 1 is 0.962 bits per heavy atom. The molecular weight excluding hydrogens is 350 g/mol. The minimum atomic E-state index is -3.41. The van der Waals surface area contributed by atoms with Gasteiger partial charge >= 0.3 is 0 Å². The summed E-state index contributed by atoms with van der Waals surface area (Å²) in [4.78, 5) is 0. The molecule has 0 amide bonds. The normalized spacial score (nSPS) is 12.8. The molecule has 0 spiro atoms. The molecule has 142 valence electrons. The first-order valence-electron chi connectivity index (χ1n) is 8.59. The first-order chi connectivity index (χ1) is 12.4. The summed E-state index contributed by atoms with van der Waals surface area (Å²) in [6.07, 6.45) is 0. The molecule has 0 aliphatic heterocycles. The van der Waals surface area contributed by atoms with E-state index in [0.29, 0.717) is 18.0 Å². The number of nitrogens with one attached hydrogen (secondary N) is 1. The van der Waals surface area contributed by atoms with Crippen molar-refractivity contribution < 1.29 is 17.9 Å². The van der Waals surface area contributed by atoms with Crippen LogP contribution in [0.4, 0.5) is 0 Å². The Morgan fingerprint density at radius 3 is 2.19 bits per heavy atom. The largest absolute Gasteiger partial charge is 0.493 e. The van der Waals surface area contributed by atoms with Gasteiger partial charge in [-0.1, -0.05) is 50.2 Å². The number of sulfonamides is 1. The number of hydrogen-bond acceptors (Lipinski definition) is 4. The summed E-state index contributed by atoms with van der Waals surface area (Å²) < 4.78 is 38.2. The summed E-state index contributed by atoms with van der Waals surface area (Å²) in [6.45, 7) is 4.49. The molecule has 2 aromatic carbocycles. The van der Waals surface area contributed by atoms with Crippen molar-refractivity contribution in [2.75, 3.05) is 20.8 Å². The third-order valence-corrected chi connectivity index (χ3v) is 5.68. The SMILES string of the molecule is COc1ccc(C(CNS(=O)(=O)Cc2ccccc2)C(C)C)cc1OC. The summed E-state index contributed by atoms with van der Waals surface area (Å²) in [7, 11) is -0.221. The predicted molar refractivity (Wildman–Crippen MR) is 104 cm³/mol. The summed E-state index contributed by atoms with van der Waals surface area (Å²) in [5.74, 6) is 1.56. The third kappa shape index (κ3) is 5.47. The zero-order valence-electron chi connectivity index (χ0n) is 15.7. The first-order valence-corrected chi connectivity index (χ1v) is 10.2. The quantitative estimate of drug-likeness (QED) is 0.726. The number of benzene rings is 2. The molecule has 0 aliphatic carbocycles. The van der Waals surface area contributed by atoms with E-state index in [1.807, 2.05) is 48.5 Å². The summed E-state index contributed by atoms with van der Waals surface area (Å²) in [5.41, 5.74) is 1.78. The number of hydrogen-bond donors (Lipinski definition) is 1. The Labute approximate surface area is 156 Å². The van der Waals surface area contributed by atoms with Crippen molar-refractivity contribution in [3.63, 3.8) is 0 Å². The van der Waals surface area contributed by atoms with E-state index in [1.54, 1.807) is 14.2 Å². The Kier molecular flexibility index (Phi) is 7.06. The highest BCUT2D eigenvalue weighted by Crippen LogP contribution is 2.33. The van der Waals surface area contributed by atoms with Crippen LogP contribution in [-0.4, -0.2) is 29.2 Å². The Morgan fingerprint density at radius 2 is 1.62 bits per heavy atom. The van der Waals surface area contributed by atoms with Crippen molar-refractivity contribution in [3.8, 4) is 11.5 Å². The smallest absolute Gasteiger partial charge is 0.215 e. The fraction of sp³-hybridized carbons (Fsp3) is 0.400. The predicted octanol–water partition coefficient (Wildman–Crippen LogP) is 3.56. The number of methoxy groups -OCH3 is 2. The van der Waals surface area contributed by atoms with Crippen LogP contribution in [0.5, 0.6) is 11.5 Å². The molecular formula is C20H27NO4S. The lowest BCUT2D eigenvalue weighted by Crippen LogP contribution is -2.31.